The number of hydrogen-bond donors (Lipinski definition) is 1. The van der Waals surface area contributed by atoms with E-state index in [9.17, 15) is 5.11 Å². The molecule has 0 aromatic carbocycles. The van der Waals surface area contributed by atoms with E-state index in [1.54, 1.807) is 13.4 Å². The summed E-state index contributed by atoms with van der Waals surface area (Å²) < 4.78 is 15.6. The van der Waals surface area contributed by atoms with Crippen molar-refractivity contribution < 1.29 is 19.0 Å². The molecule has 0 aliphatic heterocycles. The zero-order valence-corrected chi connectivity index (χ0v) is 11.5. The van der Waals surface area contributed by atoms with Gasteiger partial charge in [-0.2, -0.15) is 0 Å². The molecule has 1 aliphatic rings. The number of aliphatic hydroxyl groups excluding tert-OH is 1. The van der Waals surface area contributed by atoms with Crippen molar-refractivity contribution in [3.8, 4) is 0 Å². The molecule has 1 unspecified atom stereocenters. The number of aliphatic hydroxyl groups is 1. The smallest absolute Gasteiger partial charge is 0.117 e. The van der Waals surface area contributed by atoms with Crippen LogP contribution < -0.4 is 0 Å². The van der Waals surface area contributed by atoms with E-state index in [1.165, 1.54) is 12.8 Å². The molecule has 1 heterocycles. The Morgan fingerprint density at radius 2 is 2.32 bits per heavy atom. The van der Waals surface area contributed by atoms with Gasteiger partial charge in [0.25, 0.3) is 0 Å². The lowest BCUT2D eigenvalue weighted by atomic mass is 10.3. The molecule has 0 spiro atoms. The molecule has 0 bridgehead atoms. The molecule has 2 rings (SSSR count). The topological polar surface area (TPSA) is 55.1 Å². The van der Waals surface area contributed by atoms with Gasteiger partial charge >= 0.3 is 0 Å². The van der Waals surface area contributed by atoms with Crippen molar-refractivity contribution in [3.63, 3.8) is 0 Å². The number of furan rings is 1. The highest BCUT2D eigenvalue weighted by molar-refractivity contribution is 5.00. The van der Waals surface area contributed by atoms with Crippen molar-refractivity contribution in [1.82, 2.24) is 4.90 Å². The molecule has 1 N–H and O–H groups in total. The highest BCUT2D eigenvalue weighted by atomic mass is 16.5. The van der Waals surface area contributed by atoms with Gasteiger partial charge in [-0.05, 0) is 25.0 Å². The fraction of sp³-hybridized carbons (Fsp3) is 0.714. The maximum Gasteiger partial charge on any atom is 0.117 e. The summed E-state index contributed by atoms with van der Waals surface area (Å²) >= 11 is 0. The Bertz CT molecular complexity index is 337. The van der Waals surface area contributed by atoms with Gasteiger partial charge < -0.3 is 19.0 Å². The molecule has 19 heavy (non-hydrogen) atoms. The normalized spacial score (nSPS) is 17.0. The van der Waals surface area contributed by atoms with Crippen LogP contribution in [-0.2, 0) is 16.0 Å². The first-order valence-electron chi connectivity index (χ1n) is 6.80. The molecule has 5 nitrogen and oxygen atoms in total. The summed E-state index contributed by atoms with van der Waals surface area (Å²) in [6.07, 6.45) is 3.63. The fourth-order valence-corrected chi connectivity index (χ4v) is 2.07. The SMILES string of the molecule is COCCOCC(O)CN(Cc1ccco1)C1CC1. The van der Waals surface area contributed by atoms with Gasteiger partial charge in [-0.3, -0.25) is 4.90 Å². The first-order valence-corrected chi connectivity index (χ1v) is 6.80. The number of methoxy groups -OCH3 is 1. The Balaban J connectivity index is 1.70. The third kappa shape index (κ3) is 5.32. The molecule has 1 fully saturated rings. The van der Waals surface area contributed by atoms with Crippen molar-refractivity contribution in [2.24, 2.45) is 0 Å². The van der Waals surface area contributed by atoms with Gasteiger partial charge in [0.1, 0.15) is 5.76 Å². The molecule has 1 aromatic heterocycles. The minimum atomic E-state index is -0.465. The summed E-state index contributed by atoms with van der Waals surface area (Å²) in [5, 5.41) is 9.99. The third-order valence-electron chi connectivity index (χ3n) is 3.19. The number of hydrogen-bond acceptors (Lipinski definition) is 5. The van der Waals surface area contributed by atoms with E-state index in [2.05, 4.69) is 4.90 Å². The minimum absolute atomic E-state index is 0.352. The second-order valence-electron chi connectivity index (χ2n) is 4.96. The summed E-state index contributed by atoms with van der Waals surface area (Å²) in [6, 6.07) is 4.44. The maximum absolute atomic E-state index is 9.99. The average molecular weight is 269 g/mol. The van der Waals surface area contributed by atoms with Crippen molar-refractivity contribution in [3.05, 3.63) is 24.2 Å². The van der Waals surface area contributed by atoms with Gasteiger partial charge in [0.15, 0.2) is 0 Å². The lowest BCUT2D eigenvalue weighted by molar-refractivity contribution is -0.00349. The Morgan fingerprint density at radius 1 is 1.47 bits per heavy atom. The highest BCUT2D eigenvalue weighted by Gasteiger charge is 2.30. The molecule has 1 saturated carbocycles. The quantitative estimate of drug-likeness (QED) is 0.648. The summed E-state index contributed by atoms with van der Waals surface area (Å²) in [6.45, 7) is 2.82. The van der Waals surface area contributed by atoms with Crippen LogP contribution in [0.25, 0.3) is 0 Å². The number of rotatable bonds is 10. The third-order valence-corrected chi connectivity index (χ3v) is 3.19. The molecular formula is C14H23NO4. The summed E-state index contributed by atoms with van der Waals surface area (Å²) in [7, 11) is 1.64. The second kappa shape index (κ2) is 7.65. The molecule has 0 radical (unpaired) electrons. The van der Waals surface area contributed by atoms with Crippen LogP contribution in [-0.4, -0.2) is 55.6 Å². The first-order chi connectivity index (χ1) is 9.29. The predicted octanol–water partition coefficient (Wildman–Crippen LogP) is 1.27. The average Bonchev–Trinajstić information content (AvgIpc) is 3.13. The molecule has 1 aliphatic carbocycles. The standard InChI is InChI=1S/C14H23NO4/c1-17-7-8-18-11-13(16)9-15(12-4-5-12)10-14-3-2-6-19-14/h2-3,6,12-13,16H,4-5,7-11H2,1H3. The highest BCUT2D eigenvalue weighted by Crippen LogP contribution is 2.28. The van der Waals surface area contributed by atoms with Gasteiger partial charge in [-0.1, -0.05) is 0 Å². The lowest BCUT2D eigenvalue weighted by Gasteiger charge is -2.23. The van der Waals surface area contributed by atoms with Gasteiger partial charge in [0.2, 0.25) is 0 Å². The van der Waals surface area contributed by atoms with Crippen molar-refractivity contribution in [1.29, 1.82) is 0 Å². The van der Waals surface area contributed by atoms with E-state index in [-0.39, 0.29) is 0 Å². The van der Waals surface area contributed by atoms with Crippen molar-refractivity contribution in [2.75, 3.05) is 33.5 Å². The van der Waals surface area contributed by atoms with Crippen LogP contribution in [0.4, 0.5) is 0 Å². The maximum atomic E-state index is 9.99. The first kappa shape index (κ1) is 14.5. The van der Waals surface area contributed by atoms with E-state index >= 15 is 0 Å². The Hall–Kier alpha value is -0.880. The minimum Gasteiger partial charge on any atom is -0.468 e. The van der Waals surface area contributed by atoms with Gasteiger partial charge in [-0.25, -0.2) is 0 Å². The molecular weight excluding hydrogens is 246 g/mol. The Kier molecular flexibility index (Phi) is 5.85. The van der Waals surface area contributed by atoms with E-state index in [0.717, 1.165) is 12.3 Å². The number of nitrogens with zero attached hydrogens (tertiary/aromatic N) is 1. The van der Waals surface area contributed by atoms with Gasteiger partial charge in [0.05, 0.1) is 38.7 Å². The zero-order valence-electron chi connectivity index (χ0n) is 11.5. The second-order valence-corrected chi connectivity index (χ2v) is 4.96. The predicted molar refractivity (Wildman–Crippen MR) is 70.8 cm³/mol. The number of ether oxygens (including phenoxy) is 2. The van der Waals surface area contributed by atoms with E-state index in [0.29, 0.717) is 32.4 Å². The van der Waals surface area contributed by atoms with Crippen LogP contribution in [0, 0.1) is 0 Å². The summed E-state index contributed by atoms with van der Waals surface area (Å²) in [4.78, 5) is 2.27. The zero-order chi connectivity index (χ0) is 13.5. The van der Waals surface area contributed by atoms with Crippen LogP contribution >= 0.6 is 0 Å². The Morgan fingerprint density at radius 3 is 2.95 bits per heavy atom. The van der Waals surface area contributed by atoms with Crippen LogP contribution in [0.5, 0.6) is 0 Å². The van der Waals surface area contributed by atoms with Crippen LogP contribution in [0.2, 0.25) is 0 Å². The van der Waals surface area contributed by atoms with Gasteiger partial charge in [-0.15, -0.1) is 0 Å². The van der Waals surface area contributed by atoms with E-state index < -0.39 is 6.10 Å². The van der Waals surface area contributed by atoms with E-state index in [1.807, 2.05) is 12.1 Å². The van der Waals surface area contributed by atoms with Gasteiger partial charge in [0, 0.05) is 19.7 Å². The molecule has 1 aromatic rings. The van der Waals surface area contributed by atoms with Crippen LogP contribution in [0.15, 0.2) is 22.8 Å². The van der Waals surface area contributed by atoms with Crippen molar-refractivity contribution >= 4 is 0 Å². The molecule has 108 valence electrons. The largest absolute Gasteiger partial charge is 0.468 e. The molecule has 1 atom stereocenters. The van der Waals surface area contributed by atoms with Crippen molar-refractivity contribution in [2.45, 2.75) is 31.5 Å². The van der Waals surface area contributed by atoms with Crippen LogP contribution in [0.3, 0.4) is 0 Å². The molecule has 5 heteroatoms. The van der Waals surface area contributed by atoms with Crippen LogP contribution in [0.1, 0.15) is 18.6 Å². The summed E-state index contributed by atoms with van der Waals surface area (Å²) in [5.41, 5.74) is 0. The fourth-order valence-electron chi connectivity index (χ4n) is 2.07. The van der Waals surface area contributed by atoms with E-state index in [4.69, 9.17) is 13.9 Å². The monoisotopic (exact) mass is 269 g/mol. The Labute approximate surface area is 114 Å². The lowest BCUT2D eigenvalue weighted by Crippen LogP contribution is -2.36. The molecule has 0 saturated heterocycles. The summed E-state index contributed by atoms with van der Waals surface area (Å²) in [5.74, 6) is 0.944. The molecule has 0 amide bonds.